The number of piperidine rings is 1. The molecule has 1 fully saturated rings. The van der Waals surface area contributed by atoms with Gasteiger partial charge in [0.05, 0.1) is 11.2 Å². The number of carbonyl (C=O) groups excluding carboxylic acids is 1. The molecule has 10 heteroatoms. The molecule has 2 aromatic rings. The summed E-state index contributed by atoms with van der Waals surface area (Å²) < 4.78 is 0. The van der Waals surface area contributed by atoms with Crippen molar-refractivity contribution >= 4 is 59.7 Å². The van der Waals surface area contributed by atoms with Crippen LogP contribution in [0.15, 0.2) is 27.2 Å². The first-order chi connectivity index (χ1) is 14.1. The Kier molecular flexibility index (Phi) is 5.48. The average molecular weight is 412 g/mol. The molecular formula is C19H18ClN7O2. The maximum Gasteiger partial charge on any atom is 0.289 e. The number of allylic oxidation sites excluding steroid dienone is 1. The maximum absolute atomic E-state index is 10.1. The Balaban J connectivity index is 0.000000294. The minimum Gasteiger partial charge on any atom is -0.492 e. The zero-order valence-corrected chi connectivity index (χ0v) is 16.2. The lowest BCUT2D eigenvalue weighted by Crippen LogP contribution is -2.30. The van der Waals surface area contributed by atoms with Crippen molar-refractivity contribution in [2.75, 3.05) is 18.0 Å². The zero-order valence-electron chi connectivity index (χ0n) is 15.4. The lowest BCUT2D eigenvalue weighted by molar-refractivity contribution is -0.111. The number of nitrogens with zero attached hydrogens (tertiary/aromatic N) is 6. The topological polar surface area (TPSA) is 119 Å². The Morgan fingerprint density at radius 3 is 2.69 bits per heavy atom. The van der Waals surface area contributed by atoms with E-state index in [2.05, 4.69) is 34.8 Å². The van der Waals surface area contributed by atoms with Crippen LogP contribution >= 0.6 is 11.6 Å². The smallest absolute Gasteiger partial charge is 0.289 e. The third-order valence-corrected chi connectivity index (χ3v) is 4.77. The summed E-state index contributed by atoms with van der Waals surface area (Å²) in [5, 5.41) is 10.7. The molecule has 0 unspecified atom stereocenters. The third kappa shape index (κ3) is 4.40. The Hall–Kier alpha value is -3.33. The molecule has 29 heavy (non-hydrogen) atoms. The molecule has 148 valence electrons. The normalized spacial score (nSPS) is 18.3. The number of amides is 1. The van der Waals surface area contributed by atoms with Crippen LogP contribution in [0.4, 0.5) is 11.8 Å². The van der Waals surface area contributed by atoms with Crippen LogP contribution in [0.3, 0.4) is 0 Å². The van der Waals surface area contributed by atoms with E-state index in [1.807, 2.05) is 12.1 Å². The van der Waals surface area contributed by atoms with Crippen LogP contribution < -0.4 is 4.90 Å². The molecule has 2 aromatic heterocycles. The lowest BCUT2D eigenvalue weighted by Gasteiger charge is -2.25. The van der Waals surface area contributed by atoms with Crippen LogP contribution in [0.5, 0.6) is 5.88 Å². The molecule has 5 heterocycles. The molecule has 1 amide bonds. The molecule has 0 atom stereocenters. The monoisotopic (exact) mass is 411 g/mol. The van der Waals surface area contributed by atoms with Gasteiger partial charge in [-0.15, -0.1) is 0 Å². The van der Waals surface area contributed by atoms with Crippen LogP contribution in [0.2, 0.25) is 5.02 Å². The number of aromatic hydroxyl groups is 1. The van der Waals surface area contributed by atoms with Crippen molar-refractivity contribution < 1.29 is 9.90 Å². The number of fused-ring (bicyclic) bond motifs is 1. The summed E-state index contributed by atoms with van der Waals surface area (Å²) in [5.41, 5.74) is 2.27. The summed E-state index contributed by atoms with van der Waals surface area (Å²) in [5.74, 6) is 1.08. The van der Waals surface area contributed by atoms with E-state index < -0.39 is 0 Å². The highest BCUT2D eigenvalue weighted by molar-refractivity contribution is 6.32. The minimum atomic E-state index is -0.269. The van der Waals surface area contributed by atoms with Gasteiger partial charge in [0, 0.05) is 36.6 Å². The molecule has 0 aromatic carbocycles. The van der Waals surface area contributed by atoms with Crippen LogP contribution in [-0.4, -0.2) is 57.8 Å². The van der Waals surface area contributed by atoms with Gasteiger partial charge in [-0.3, -0.25) is 4.79 Å². The van der Waals surface area contributed by atoms with Gasteiger partial charge in [-0.05, 0) is 31.4 Å². The molecular weight excluding hydrogens is 394 g/mol. The van der Waals surface area contributed by atoms with Crippen molar-refractivity contribution in [2.24, 2.45) is 15.0 Å². The van der Waals surface area contributed by atoms with Crippen LogP contribution in [-0.2, 0) is 4.79 Å². The number of aliphatic imine (C=N–C) groups is 3. The van der Waals surface area contributed by atoms with Crippen molar-refractivity contribution in [3.05, 3.63) is 28.5 Å². The number of halogens is 1. The molecule has 0 saturated carbocycles. The second-order valence-corrected chi connectivity index (χ2v) is 7.03. The van der Waals surface area contributed by atoms with Gasteiger partial charge in [0.2, 0.25) is 11.8 Å². The first-order valence-electron chi connectivity index (χ1n) is 9.15. The van der Waals surface area contributed by atoms with E-state index in [0.29, 0.717) is 22.5 Å². The van der Waals surface area contributed by atoms with Crippen molar-refractivity contribution in [1.82, 2.24) is 15.0 Å². The van der Waals surface area contributed by atoms with Gasteiger partial charge in [0.1, 0.15) is 12.0 Å². The number of hydrogen-bond donors (Lipinski definition) is 2. The summed E-state index contributed by atoms with van der Waals surface area (Å²) in [7, 11) is 0. The molecule has 2 N–H and O–H groups in total. The molecule has 0 aliphatic carbocycles. The zero-order chi connectivity index (χ0) is 20.2. The quantitative estimate of drug-likeness (QED) is 0.787. The van der Waals surface area contributed by atoms with Gasteiger partial charge in [0.15, 0.2) is 5.82 Å². The Labute approximate surface area is 171 Å². The van der Waals surface area contributed by atoms with E-state index in [0.717, 1.165) is 37.1 Å². The predicted molar refractivity (Wildman–Crippen MR) is 114 cm³/mol. The van der Waals surface area contributed by atoms with Gasteiger partial charge in [-0.1, -0.05) is 11.6 Å². The largest absolute Gasteiger partial charge is 0.492 e. The van der Waals surface area contributed by atoms with E-state index in [1.54, 1.807) is 12.4 Å². The number of aromatic nitrogens is 3. The highest BCUT2D eigenvalue weighted by atomic mass is 35.5. The second-order valence-electron chi connectivity index (χ2n) is 6.59. The molecule has 0 radical (unpaired) electrons. The fourth-order valence-electron chi connectivity index (χ4n) is 3.16. The van der Waals surface area contributed by atoms with E-state index in [-0.39, 0.29) is 11.8 Å². The number of H-pyrrole nitrogens is 1. The highest BCUT2D eigenvalue weighted by Crippen LogP contribution is 2.34. The number of pyridine rings is 1. The van der Waals surface area contributed by atoms with E-state index in [1.165, 1.54) is 19.0 Å². The van der Waals surface area contributed by atoms with Crippen molar-refractivity contribution in [3.63, 3.8) is 0 Å². The van der Waals surface area contributed by atoms with Crippen molar-refractivity contribution in [3.8, 4) is 5.88 Å². The van der Waals surface area contributed by atoms with Gasteiger partial charge in [0.25, 0.3) is 5.91 Å². The molecule has 5 rings (SSSR count). The van der Waals surface area contributed by atoms with Crippen molar-refractivity contribution in [2.45, 2.75) is 19.3 Å². The SMILES string of the molecule is O=C1C=NC=N1.Oc1nc(N2CCCCC2)[nH]c1C=C1C=Nc2ncc(Cl)cc21. The first kappa shape index (κ1) is 19.0. The Morgan fingerprint density at radius 2 is 2.00 bits per heavy atom. The molecule has 9 nitrogen and oxygen atoms in total. The highest BCUT2D eigenvalue weighted by Gasteiger charge is 2.19. The summed E-state index contributed by atoms with van der Waals surface area (Å²) in [6.07, 6.45) is 11.1. The van der Waals surface area contributed by atoms with Crippen LogP contribution in [0, 0.1) is 0 Å². The predicted octanol–water partition coefficient (Wildman–Crippen LogP) is 3.04. The fraction of sp³-hybridized carbons (Fsp3) is 0.263. The van der Waals surface area contributed by atoms with Crippen LogP contribution in [0.25, 0.3) is 11.6 Å². The number of aromatic amines is 1. The Bertz CT molecular complexity index is 1030. The van der Waals surface area contributed by atoms with E-state index in [9.17, 15) is 9.90 Å². The summed E-state index contributed by atoms with van der Waals surface area (Å²) in [6.45, 7) is 1.93. The minimum absolute atomic E-state index is 0.00471. The van der Waals surface area contributed by atoms with Crippen LogP contribution in [0.1, 0.15) is 30.5 Å². The Morgan fingerprint density at radius 1 is 1.17 bits per heavy atom. The first-order valence-corrected chi connectivity index (χ1v) is 9.53. The number of hydrogen-bond acceptors (Lipinski definition) is 7. The maximum atomic E-state index is 10.1. The average Bonchev–Trinajstić information content (AvgIpc) is 3.45. The van der Waals surface area contributed by atoms with Gasteiger partial charge < -0.3 is 15.0 Å². The molecule has 3 aliphatic heterocycles. The second kappa shape index (κ2) is 8.36. The summed E-state index contributed by atoms with van der Waals surface area (Å²) in [6, 6.07) is 1.82. The van der Waals surface area contributed by atoms with Crippen molar-refractivity contribution in [1.29, 1.82) is 0 Å². The third-order valence-electron chi connectivity index (χ3n) is 4.56. The number of rotatable bonds is 2. The number of imidazole rings is 1. The van der Waals surface area contributed by atoms with Gasteiger partial charge in [-0.25, -0.2) is 15.0 Å². The van der Waals surface area contributed by atoms with E-state index in [4.69, 9.17) is 11.6 Å². The summed E-state index contributed by atoms with van der Waals surface area (Å²) in [4.78, 5) is 34.6. The van der Waals surface area contributed by atoms with Gasteiger partial charge in [-0.2, -0.15) is 9.98 Å². The van der Waals surface area contributed by atoms with E-state index >= 15 is 0 Å². The van der Waals surface area contributed by atoms with Gasteiger partial charge >= 0.3 is 0 Å². The fourth-order valence-corrected chi connectivity index (χ4v) is 3.32. The molecule has 1 saturated heterocycles. The number of carbonyl (C=O) groups is 1. The molecule has 0 spiro atoms. The lowest BCUT2D eigenvalue weighted by atomic mass is 10.1. The standard InChI is InChI=1S/C16H16ClN5O.C3H2N2O/c17-11-7-12-10(8-18-14(12)19-9-11)6-13-15(23)21-16(20-13)22-4-2-1-3-5-22;6-3-1-4-2-5-3/h6-9,23H,1-5H2,(H,20,21);1-2H. The number of anilines is 1. The molecule has 0 bridgehead atoms. The molecule has 3 aliphatic rings. The number of nitrogens with one attached hydrogen (secondary N) is 1. The summed E-state index contributed by atoms with van der Waals surface area (Å²) >= 11 is 6.01.